The van der Waals surface area contributed by atoms with E-state index in [0.717, 1.165) is 10.9 Å². The smallest absolute Gasteiger partial charge is 0.390 e. The Kier molecular flexibility index (Phi) is 5.47. The van der Waals surface area contributed by atoms with E-state index in [-0.39, 0.29) is 31.3 Å². The van der Waals surface area contributed by atoms with E-state index in [1.165, 1.54) is 4.68 Å². The van der Waals surface area contributed by atoms with Crippen molar-refractivity contribution in [2.24, 2.45) is 0 Å². The fourth-order valence-electron chi connectivity index (χ4n) is 3.86. The molecule has 31 heavy (non-hydrogen) atoms. The van der Waals surface area contributed by atoms with Crippen molar-refractivity contribution >= 4 is 22.8 Å². The standard InChI is InChI=1S/C21H21F3N4O3/c1-2-31-20(30)18-15-12-27(9-7-17(15)28(26-18)10-8-21(22,23)24)19(29)14-11-25-16-6-4-3-5-13(14)16/h3-6,11,25H,2,7-10,12H2,1H3. The molecule has 1 aromatic carbocycles. The van der Waals surface area contributed by atoms with Gasteiger partial charge in [0.1, 0.15) is 0 Å². The van der Waals surface area contributed by atoms with Crippen molar-refractivity contribution in [2.45, 2.75) is 39.0 Å². The van der Waals surface area contributed by atoms with Crippen molar-refractivity contribution in [1.82, 2.24) is 19.7 Å². The summed E-state index contributed by atoms with van der Waals surface area (Å²) in [4.78, 5) is 30.2. The molecule has 1 amide bonds. The summed E-state index contributed by atoms with van der Waals surface area (Å²) >= 11 is 0. The van der Waals surface area contributed by atoms with Crippen LogP contribution < -0.4 is 0 Å². The van der Waals surface area contributed by atoms with Crippen LogP contribution in [0.2, 0.25) is 0 Å². The predicted octanol–water partition coefficient (Wildman–Crippen LogP) is 3.69. The Labute approximate surface area is 175 Å². The summed E-state index contributed by atoms with van der Waals surface area (Å²) in [6.45, 7) is 1.75. The van der Waals surface area contributed by atoms with Gasteiger partial charge >= 0.3 is 12.1 Å². The van der Waals surface area contributed by atoms with E-state index < -0.39 is 18.6 Å². The lowest BCUT2D eigenvalue weighted by atomic mass is 10.0. The molecule has 164 valence electrons. The minimum absolute atomic E-state index is 0.0320. The van der Waals surface area contributed by atoms with Gasteiger partial charge in [0.2, 0.25) is 0 Å². The van der Waals surface area contributed by atoms with Crippen LogP contribution in [0.25, 0.3) is 10.9 Å². The Bertz CT molecular complexity index is 1130. The van der Waals surface area contributed by atoms with Gasteiger partial charge < -0.3 is 14.6 Å². The molecule has 0 radical (unpaired) electrons. The molecule has 2 aromatic heterocycles. The van der Waals surface area contributed by atoms with Gasteiger partial charge in [-0.1, -0.05) is 18.2 Å². The van der Waals surface area contributed by atoms with Crippen molar-refractivity contribution in [2.75, 3.05) is 13.2 Å². The van der Waals surface area contributed by atoms with E-state index in [1.807, 2.05) is 24.3 Å². The van der Waals surface area contributed by atoms with Crippen LogP contribution in [0, 0.1) is 0 Å². The predicted molar refractivity (Wildman–Crippen MR) is 106 cm³/mol. The summed E-state index contributed by atoms with van der Waals surface area (Å²) in [5.74, 6) is -0.924. The summed E-state index contributed by atoms with van der Waals surface area (Å²) in [6, 6.07) is 7.41. The number of amides is 1. The van der Waals surface area contributed by atoms with Gasteiger partial charge in [-0.05, 0) is 13.0 Å². The Morgan fingerprint density at radius 2 is 2.03 bits per heavy atom. The highest BCUT2D eigenvalue weighted by Crippen LogP contribution is 2.28. The van der Waals surface area contributed by atoms with Gasteiger partial charge in [0, 0.05) is 47.9 Å². The molecular weight excluding hydrogens is 413 g/mol. The number of alkyl halides is 3. The molecule has 0 saturated heterocycles. The molecule has 3 aromatic rings. The second-order valence-corrected chi connectivity index (χ2v) is 7.31. The first kappa shape index (κ1) is 21.0. The topological polar surface area (TPSA) is 80.2 Å². The second-order valence-electron chi connectivity index (χ2n) is 7.31. The molecule has 1 N–H and O–H groups in total. The second kappa shape index (κ2) is 8.09. The molecule has 0 spiro atoms. The normalized spacial score (nSPS) is 14.0. The van der Waals surface area contributed by atoms with Gasteiger partial charge in [-0.2, -0.15) is 18.3 Å². The quantitative estimate of drug-likeness (QED) is 0.621. The number of benzene rings is 1. The highest BCUT2D eigenvalue weighted by Gasteiger charge is 2.33. The first-order valence-corrected chi connectivity index (χ1v) is 9.96. The maximum atomic E-state index is 13.2. The van der Waals surface area contributed by atoms with Crippen LogP contribution in [0.4, 0.5) is 13.2 Å². The van der Waals surface area contributed by atoms with Crippen molar-refractivity contribution in [3.05, 3.63) is 53.0 Å². The molecule has 10 heteroatoms. The Morgan fingerprint density at radius 3 is 2.77 bits per heavy atom. The summed E-state index contributed by atoms with van der Waals surface area (Å²) in [5.41, 5.74) is 2.28. The zero-order chi connectivity index (χ0) is 22.2. The molecule has 0 fully saturated rings. The van der Waals surface area contributed by atoms with Gasteiger partial charge in [0.25, 0.3) is 5.91 Å². The van der Waals surface area contributed by atoms with Crippen LogP contribution in [0.3, 0.4) is 0 Å². The van der Waals surface area contributed by atoms with E-state index in [1.54, 1.807) is 18.0 Å². The number of aromatic nitrogens is 3. The number of H-pyrrole nitrogens is 1. The average Bonchev–Trinajstić information content (AvgIpc) is 3.33. The number of hydrogen-bond donors (Lipinski definition) is 1. The SMILES string of the molecule is CCOC(=O)c1nn(CCC(F)(F)F)c2c1CN(C(=O)c1c[nH]c3ccccc13)CC2. The van der Waals surface area contributed by atoms with Gasteiger partial charge in [-0.25, -0.2) is 4.79 Å². The summed E-state index contributed by atoms with van der Waals surface area (Å²) in [7, 11) is 0. The molecule has 7 nitrogen and oxygen atoms in total. The molecule has 1 aliphatic heterocycles. The summed E-state index contributed by atoms with van der Waals surface area (Å²) in [6.07, 6.45) is -3.45. The van der Waals surface area contributed by atoms with Gasteiger partial charge in [-0.15, -0.1) is 0 Å². The third kappa shape index (κ3) is 4.14. The van der Waals surface area contributed by atoms with Gasteiger partial charge in [0.15, 0.2) is 5.69 Å². The third-order valence-electron chi connectivity index (χ3n) is 5.32. The number of nitrogens with one attached hydrogen (secondary N) is 1. The molecular formula is C21H21F3N4O3. The zero-order valence-corrected chi connectivity index (χ0v) is 16.8. The number of fused-ring (bicyclic) bond motifs is 2. The number of nitrogens with zero attached hydrogens (tertiary/aromatic N) is 3. The Balaban J connectivity index is 1.64. The molecule has 0 bridgehead atoms. The van der Waals surface area contributed by atoms with Crippen molar-refractivity contribution in [3.63, 3.8) is 0 Å². The van der Waals surface area contributed by atoms with Crippen molar-refractivity contribution in [1.29, 1.82) is 0 Å². The number of halogens is 3. The average molecular weight is 434 g/mol. The first-order valence-electron chi connectivity index (χ1n) is 9.96. The molecule has 4 rings (SSSR count). The zero-order valence-electron chi connectivity index (χ0n) is 16.8. The van der Waals surface area contributed by atoms with Crippen molar-refractivity contribution in [3.8, 4) is 0 Å². The lowest BCUT2D eigenvalue weighted by molar-refractivity contribution is -0.137. The largest absolute Gasteiger partial charge is 0.461 e. The maximum Gasteiger partial charge on any atom is 0.390 e. The van der Waals surface area contributed by atoms with Crippen LogP contribution in [0.15, 0.2) is 30.5 Å². The fraction of sp³-hybridized carbons (Fsp3) is 0.381. The molecule has 0 saturated carbocycles. The molecule has 3 heterocycles. The van der Waals surface area contributed by atoms with E-state index in [9.17, 15) is 22.8 Å². The number of ether oxygens (including phenoxy) is 1. The van der Waals surface area contributed by atoms with E-state index in [4.69, 9.17) is 4.74 Å². The fourth-order valence-corrected chi connectivity index (χ4v) is 3.86. The minimum atomic E-state index is -4.34. The number of carbonyl (C=O) groups excluding carboxylic acids is 2. The Hall–Kier alpha value is -3.30. The molecule has 0 unspecified atom stereocenters. The molecule has 1 aliphatic rings. The number of esters is 1. The minimum Gasteiger partial charge on any atom is -0.461 e. The number of carbonyl (C=O) groups is 2. The Morgan fingerprint density at radius 1 is 1.26 bits per heavy atom. The van der Waals surface area contributed by atoms with Crippen LogP contribution in [-0.4, -0.2) is 50.9 Å². The van der Waals surface area contributed by atoms with Gasteiger partial charge in [-0.3, -0.25) is 9.48 Å². The number of rotatable bonds is 5. The number of hydrogen-bond acceptors (Lipinski definition) is 4. The maximum absolute atomic E-state index is 13.2. The van der Waals surface area contributed by atoms with Crippen LogP contribution >= 0.6 is 0 Å². The number of aryl methyl sites for hydroxylation is 1. The summed E-state index contributed by atoms with van der Waals surface area (Å²) in [5, 5.41) is 4.90. The van der Waals surface area contributed by atoms with E-state index in [0.29, 0.717) is 29.8 Å². The summed E-state index contributed by atoms with van der Waals surface area (Å²) < 4.78 is 44.4. The van der Waals surface area contributed by atoms with Crippen LogP contribution in [0.5, 0.6) is 0 Å². The number of para-hydroxylation sites is 1. The van der Waals surface area contributed by atoms with Crippen LogP contribution in [0.1, 0.15) is 45.4 Å². The van der Waals surface area contributed by atoms with Crippen LogP contribution in [-0.2, 0) is 24.2 Å². The van der Waals surface area contributed by atoms with Gasteiger partial charge in [0.05, 0.1) is 25.1 Å². The monoisotopic (exact) mass is 434 g/mol. The lowest BCUT2D eigenvalue weighted by Crippen LogP contribution is -2.36. The lowest BCUT2D eigenvalue weighted by Gasteiger charge is -2.27. The van der Waals surface area contributed by atoms with E-state index >= 15 is 0 Å². The highest BCUT2D eigenvalue weighted by molar-refractivity contribution is 6.06. The number of aromatic amines is 1. The van der Waals surface area contributed by atoms with E-state index in [2.05, 4.69) is 10.1 Å². The molecule has 0 atom stereocenters. The first-order chi connectivity index (χ1) is 14.8. The molecule has 0 aliphatic carbocycles. The van der Waals surface area contributed by atoms with Crippen molar-refractivity contribution < 1.29 is 27.5 Å². The highest BCUT2D eigenvalue weighted by atomic mass is 19.4. The third-order valence-corrected chi connectivity index (χ3v) is 5.32.